The summed E-state index contributed by atoms with van der Waals surface area (Å²) in [7, 11) is -3.87. The zero-order chi connectivity index (χ0) is 23.6. The normalized spacial score (nSPS) is 22.5. The maximum absolute atomic E-state index is 13.4. The molecule has 0 saturated heterocycles. The van der Waals surface area contributed by atoms with Crippen molar-refractivity contribution in [3.63, 3.8) is 0 Å². The van der Waals surface area contributed by atoms with Crippen LogP contribution >= 0.6 is 0 Å². The molecule has 3 unspecified atom stereocenters. The van der Waals surface area contributed by atoms with Gasteiger partial charge in [0.25, 0.3) is 15.9 Å². The molecule has 1 fully saturated rings. The minimum atomic E-state index is -3.87. The van der Waals surface area contributed by atoms with E-state index in [1.807, 2.05) is 25.1 Å². The van der Waals surface area contributed by atoms with Crippen LogP contribution in [0, 0.1) is 5.92 Å². The summed E-state index contributed by atoms with van der Waals surface area (Å²) >= 11 is 0. The molecule has 8 heteroatoms. The molecule has 0 radical (unpaired) electrons. The Hall–Kier alpha value is -2.87. The van der Waals surface area contributed by atoms with Crippen LogP contribution in [0.15, 0.2) is 53.4 Å². The molecule has 176 valence electrons. The summed E-state index contributed by atoms with van der Waals surface area (Å²) in [5.41, 5.74) is 1.73. The van der Waals surface area contributed by atoms with Crippen molar-refractivity contribution in [2.24, 2.45) is 5.92 Å². The molecule has 2 aromatic carbocycles. The molecular weight excluding hydrogens is 440 g/mol. The van der Waals surface area contributed by atoms with Gasteiger partial charge < -0.3 is 10.1 Å². The first-order valence-electron chi connectivity index (χ1n) is 11.5. The first-order valence-corrected chi connectivity index (χ1v) is 12.9. The van der Waals surface area contributed by atoms with Crippen molar-refractivity contribution in [3.05, 3.63) is 59.7 Å². The average Bonchev–Trinajstić information content (AvgIpc) is 3.15. The van der Waals surface area contributed by atoms with Gasteiger partial charge in [0, 0.05) is 12.1 Å². The zero-order valence-corrected chi connectivity index (χ0v) is 19.8. The van der Waals surface area contributed by atoms with E-state index in [2.05, 4.69) is 12.2 Å². The van der Waals surface area contributed by atoms with E-state index in [1.165, 1.54) is 35.0 Å². The molecule has 4 rings (SSSR count). The monoisotopic (exact) mass is 470 g/mol. The lowest BCUT2D eigenvalue weighted by molar-refractivity contribution is -0.125. The number of carbonyl (C=O) groups is 2. The molecule has 2 aliphatic rings. The van der Waals surface area contributed by atoms with Gasteiger partial charge in [-0.3, -0.25) is 9.10 Å². The molecule has 0 bridgehead atoms. The lowest BCUT2D eigenvalue weighted by atomic mass is 9.86. The number of nitrogens with zero attached hydrogens (tertiary/aromatic N) is 1. The Morgan fingerprint density at radius 1 is 1.06 bits per heavy atom. The van der Waals surface area contributed by atoms with Crippen LogP contribution in [0.4, 0.5) is 5.69 Å². The van der Waals surface area contributed by atoms with Crippen LogP contribution in [-0.4, -0.2) is 39.0 Å². The van der Waals surface area contributed by atoms with Crippen LogP contribution in [0.3, 0.4) is 0 Å². The number of rotatable bonds is 6. The highest BCUT2D eigenvalue weighted by atomic mass is 32.2. The largest absolute Gasteiger partial charge is 0.452 e. The van der Waals surface area contributed by atoms with E-state index < -0.39 is 22.6 Å². The van der Waals surface area contributed by atoms with Gasteiger partial charge in [0.1, 0.15) is 0 Å². The number of anilines is 1. The third-order valence-electron chi connectivity index (χ3n) is 6.56. The van der Waals surface area contributed by atoms with Crippen molar-refractivity contribution in [2.45, 2.75) is 62.9 Å². The molecule has 1 heterocycles. The van der Waals surface area contributed by atoms with E-state index in [-0.39, 0.29) is 28.4 Å². The molecule has 7 nitrogen and oxygen atoms in total. The van der Waals surface area contributed by atoms with Gasteiger partial charge in [-0.15, -0.1) is 0 Å². The van der Waals surface area contributed by atoms with Crippen LogP contribution in [0.2, 0.25) is 0 Å². The number of para-hydroxylation sites is 1. The molecule has 0 aromatic heterocycles. The van der Waals surface area contributed by atoms with Gasteiger partial charge in [-0.1, -0.05) is 44.0 Å². The first kappa shape index (κ1) is 23.3. The van der Waals surface area contributed by atoms with E-state index in [9.17, 15) is 18.0 Å². The minimum absolute atomic E-state index is 0.0148. The maximum atomic E-state index is 13.4. The number of carbonyl (C=O) groups excluding carboxylic acids is 2. The molecular formula is C25H30N2O5S. The van der Waals surface area contributed by atoms with Gasteiger partial charge in [-0.2, -0.15) is 0 Å². The Bertz CT molecular complexity index is 1150. The number of sulfonamides is 1. The van der Waals surface area contributed by atoms with Gasteiger partial charge in [-0.25, -0.2) is 13.2 Å². The molecule has 1 saturated carbocycles. The van der Waals surface area contributed by atoms with Gasteiger partial charge in [0.15, 0.2) is 6.61 Å². The lowest BCUT2D eigenvalue weighted by Gasteiger charge is -2.29. The second kappa shape index (κ2) is 9.55. The summed E-state index contributed by atoms with van der Waals surface area (Å²) in [5, 5.41) is 2.94. The van der Waals surface area contributed by atoms with Gasteiger partial charge in [-0.05, 0) is 61.9 Å². The predicted octanol–water partition coefficient (Wildman–Crippen LogP) is 3.68. The highest BCUT2D eigenvalue weighted by Crippen LogP contribution is 2.36. The molecule has 2 aromatic rings. The number of esters is 1. The van der Waals surface area contributed by atoms with E-state index >= 15 is 0 Å². The quantitative estimate of drug-likeness (QED) is 0.650. The summed E-state index contributed by atoms with van der Waals surface area (Å²) in [6.45, 7) is 3.58. The Balaban J connectivity index is 1.44. The molecule has 3 atom stereocenters. The standard InChI is InChI=1S/C25H30N2O5S/c1-17-8-3-5-12-22(17)26-24(28)16-32-25(29)20-10-7-11-21(15-20)33(30,31)27-18(2)14-19-9-4-6-13-23(19)27/h4,6-7,9-11,13,15,17-18,22H,3,5,8,12,14,16H2,1-2H3,(H,26,28). The Kier molecular flexibility index (Phi) is 6.74. The Morgan fingerprint density at radius 3 is 2.61 bits per heavy atom. The van der Waals surface area contributed by atoms with E-state index in [1.54, 1.807) is 6.07 Å². The third kappa shape index (κ3) is 4.90. The number of hydrogen-bond acceptors (Lipinski definition) is 5. The van der Waals surface area contributed by atoms with Crippen LogP contribution < -0.4 is 9.62 Å². The van der Waals surface area contributed by atoms with Crippen LogP contribution in [0.1, 0.15) is 55.5 Å². The Morgan fingerprint density at radius 2 is 1.82 bits per heavy atom. The van der Waals surface area contributed by atoms with E-state index in [0.29, 0.717) is 18.0 Å². The van der Waals surface area contributed by atoms with Crippen LogP contribution in [-0.2, 0) is 26.0 Å². The summed E-state index contributed by atoms with van der Waals surface area (Å²) < 4.78 is 33.4. The highest BCUT2D eigenvalue weighted by Gasteiger charge is 2.36. The van der Waals surface area contributed by atoms with E-state index in [0.717, 1.165) is 24.8 Å². The predicted molar refractivity (Wildman–Crippen MR) is 126 cm³/mol. The number of ether oxygens (including phenoxy) is 1. The summed E-state index contributed by atoms with van der Waals surface area (Å²) in [6, 6.07) is 13.1. The number of amides is 1. The summed E-state index contributed by atoms with van der Waals surface area (Å²) in [5.74, 6) is -0.666. The Labute approximate surface area is 195 Å². The van der Waals surface area contributed by atoms with Crippen molar-refractivity contribution < 1.29 is 22.7 Å². The SMILES string of the molecule is CC1CCCCC1NC(=O)COC(=O)c1cccc(S(=O)(=O)N2c3ccccc3CC2C)c1. The summed E-state index contributed by atoms with van der Waals surface area (Å²) in [6.07, 6.45) is 4.89. The number of nitrogens with one attached hydrogen (secondary N) is 1. The second-order valence-electron chi connectivity index (χ2n) is 9.02. The third-order valence-corrected chi connectivity index (χ3v) is 8.49. The molecule has 33 heavy (non-hydrogen) atoms. The minimum Gasteiger partial charge on any atom is -0.452 e. The van der Waals surface area contributed by atoms with Gasteiger partial charge >= 0.3 is 5.97 Å². The molecule has 1 N–H and O–H groups in total. The average molecular weight is 471 g/mol. The molecule has 1 amide bonds. The van der Waals surface area contributed by atoms with Crippen molar-refractivity contribution in [2.75, 3.05) is 10.9 Å². The van der Waals surface area contributed by atoms with Crippen molar-refractivity contribution in [3.8, 4) is 0 Å². The first-order chi connectivity index (χ1) is 15.8. The fraction of sp³-hybridized carbons (Fsp3) is 0.440. The molecule has 1 aliphatic heterocycles. The smallest absolute Gasteiger partial charge is 0.338 e. The number of hydrogen-bond donors (Lipinski definition) is 1. The molecule has 0 spiro atoms. The fourth-order valence-electron chi connectivity index (χ4n) is 4.79. The number of fused-ring (bicyclic) bond motifs is 1. The zero-order valence-electron chi connectivity index (χ0n) is 19.0. The fourth-order valence-corrected chi connectivity index (χ4v) is 6.53. The van der Waals surface area contributed by atoms with Crippen LogP contribution in [0.5, 0.6) is 0 Å². The lowest BCUT2D eigenvalue weighted by Crippen LogP contribution is -2.42. The summed E-state index contributed by atoms with van der Waals surface area (Å²) in [4.78, 5) is 24.8. The van der Waals surface area contributed by atoms with Crippen molar-refractivity contribution in [1.29, 1.82) is 0 Å². The van der Waals surface area contributed by atoms with Crippen molar-refractivity contribution >= 4 is 27.6 Å². The highest BCUT2D eigenvalue weighted by molar-refractivity contribution is 7.92. The molecule has 1 aliphatic carbocycles. The van der Waals surface area contributed by atoms with Gasteiger partial charge in [0.2, 0.25) is 0 Å². The topological polar surface area (TPSA) is 92.8 Å². The number of benzene rings is 2. The maximum Gasteiger partial charge on any atom is 0.338 e. The van der Waals surface area contributed by atoms with E-state index in [4.69, 9.17) is 4.74 Å². The van der Waals surface area contributed by atoms with Gasteiger partial charge in [0.05, 0.1) is 16.1 Å². The van der Waals surface area contributed by atoms with Crippen LogP contribution in [0.25, 0.3) is 0 Å². The second-order valence-corrected chi connectivity index (χ2v) is 10.8. The van der Waals surface area contributed by atoms with Crippen molar-refractivity contribution in [1.82, 2.24) is 5.32 Å².